The number of carboxylic acid groups (broad SMARTS) is 4. The Bertz CT molecular complexity index is 529. The van der Waals surface area contributed by atoms with Crippen molar-refractivity contribution in [3.05, 3.63) is 35.8 Å². The highest BCUT2D eigenvalue weighted by Crippen LogP contribution is 1.80. The quantitative estimate of drug-likeness (QED) is 0.324. The van der Waals surface area contributed by atoms with Gasteiger partial charge in [0.15, 0.2) is 0 Å². The summed E-state index contributed by atoms with van der Waals surface area (Å²) in [4.78, 5) is 38.2. The molecule has 0 aliphatic heterocycles. The molecule has 0 radical (unpaired) electrons. The predicted molar refractivity (Wildman–Crippen MR) is 75.2 cm³/mol. The molecule has 130 valence electrons. The van der Waals surface area contributed by atoms with Crippen LogP contribution < -0.4 is 0 Å². The summed E-state index contributed by atoms with van der Waals surface area (Å²) in [5, 5.41) is 32.0. The van der Waals surface area contributed by atoms with Crippen LogP contribution in [0.3, 0.4) is 0 Å². The largest absolute Gasteiger partial charge is 0.478 e. The second kappa shape index (κ2) is 14.0. The molecule has 12 heteroatoms. The first-order chi connectivity index (χ1) is 10.3. The molecule has 5 N–H and O–H groups in total. The van der Waals surface area contributed by atoms with Crippen LogP contribution in [0, 0.1) is 0 Å². The van der Waals surface area contributed by atoms with Crippen LogP contribution in [0.15, 0.2) is 35.8 Å². The van der Waals surface area contributed by atoms with E-state index in [4.69, 9.17) is 25.0 Å². The van der Waals surface area contributed by atoms with Crippen LogP contribution in [-0.2, 0) is 29.3 Å². The van der Waals surface area contributed by atoms with Gasteiger partial charge in [0.25, 0.3) is 10.1 Å². The molecule has 0 bridgehead atoms. The van der Waals surface area contributed by atoms with Gasteiger partial charge >= 0.3 is 23.9 Å². The van der Waals surface area contributed by atoms with Gasteiger partial charge < -0.3 is 20.4 Å². The summed E-state index contributed by atoms with van der Waals surface area (Å²) in [6, 6.07) is 0. The monoisotopic (exact) mass is 354 g/mol. The fraction of sp³-hybridized carbons (Fsp3) is 0.0909. The fourth-order valence-electron chi connectivity index (χ4n) is 0.457. The van der Waals surface area contributed by atoms with Crippen molar-refractivity contribution in [1.82, 2.24) is 0 Å². The molecule has 23 heavy (non-hydrogen) atoms. The van der Waals surface area contributed by atoms with E-state index in [1.165, 1.54) is 13.0 Å². The molecule has 0 spiro atoms. The SMILES string of the molecule is CC=CS(=O)(=O)O.O=C(O)/C=C/C(=O)O.O=C(O)/C=C/C(=O)O. The van der Waals surface area contributed by atoms with Crippen molar-refractivity contribution in [3.63, 3.8) is 0 Å². The van der Waals surface area contributed by atoms with Crippen molar-refractivity contribution >= 4 is 34.0 Å². The fourth-order valence-corrected chi connectivity index (χ4v) is 0.801. The Morgan fingerprint density at radius 3 is 0.957 bits per heavy atom. The molecular formula is C11H14O11S. The third-order valence-corrected chi connectivity index (χ3v) is 1.66. The van der Waals surface area contributed by atoms with Crippen LogP contribution in [0.2, 0.25) is 0 Å². The van der Waals surface area contributed by atoms with Gasteiger partial charge in [0.1, 0.15) is 0 Å². The molecular weight excluding hydrogens is 340 g/mol. The molecule has 0 aromatic rings. The number of carbonyl (C=O) groups is 4. The average Bonchev–Trinajstić information content (AvgIpc) is 2.34. The van der Waals surface area contributed by atoms with Gasteiger partial charge in [0, 0.05) is 24.3 Å². The molecule has 0 saturated heterocycles. The maximum atomic E-state index is 9.70. The number of allylic oxidation sites excluding steroid dienone is 1. The van der Waals surface area contributed by atoms with Gasteiger partial charge in [-0.15, -0.1) is 0 Å². The minimum atomic E-state index is -3.85. The Balaban J connectivity index is -0.000000262. The van der Waals surface area contributed by atoms with E-state index in [0.717, 1.165) is 0 Å². The zero-order valence-electron chi connectivity index (χ0n) is 11.6. The van der Waals surface area contributed by atoms with E-state index in [9.17, 15) is 27.6 Å². The molecule has 11 nitrogen and oxygen atoms in total. The molecule has 0 heterocycles. The van der Waals surface area contributed by atoms with E-state index in [2.05, 4.69) is 0 Å². The topological polar surface area (TPSA) is 204 Å². The number of rotatable bonds is 5. The molecule has 0 aromatic carbocycles. The molecule has 0 fully saturated rings. The van der Waals surface area contributed by atoms with Crippen LogP contribution in [0.25, 0.3) is 0 Å². The lowest BCUT2D eigenvalue weighted by molar-refractivity contribution is -0.134. The Labute approximate surface area is 130 Å². The average molecular weight is 354 g/mol. The van der Waals surface area contributed by atoms with Crippen LogP contribution in [0.5, 0.6) is 0 Å². The second-order valence-electron chi connectivity index (χ2n) is 3.00. The highest BCUT2D eigenvalue weighted by atomic mass is 32.2. The van der Waals surface area contributed by atoms with Gasteiger partial charge in [-0.2, -0.15) is 8.42 Å². The van der Waals surface area contributed by atoms with E-state index >= 15 is 0 Å². The van der Waals surface area contributed by atoms with Gasteiger partial charge in [-0.05, 0) is 6.92 Å². The van der Waals surface area contributed by atoms with Gasteiger partial charge in [0.05, 0.1) is 5.41 Å². The molecule has 0 amide bonds. The Kier molecular flexibility index (Phi) is 15.2. The van der Waals surface area contributed by atoms with Gasteiger partial charge in [-0.25, -0.2) is 19.2 Å². The van der Waals surface area contributed by atoms with Crippen LogP contribution in [-0.4, -0.2) is 57.3 Å². The second-order valence-corrected chi connectivity index (χ2v) is 4.31. The van der Waals surface area contributed by atoms with Crippen molar-refractivity contribution in [3.8, 4) is 0 Å². The third-order valence-electron chi connectivity index (χ3n) is 1.05. The first-order valence-electron chi connectivity index (χ1n) is 5.19. The lowest BCUT2D eigenvalue weighted by atomic mass is 10.5. The third kappa shape index (κ3) is 45.4. The zero-order chi connectivity index (χ0) is 19.1. The van der Waals surface area contributed by atoms with E-state index in [1.54, 1.807) is 0 Å². The summed E-state index contributed by atoms with van der Waals surface area (Å²) in [5.74, 6) is -5.03. The maximum absolute atomic E-state index is 9.70. The summed E-state index contributed by atoms with van der Waals surface area (Å²) >= 11 is 0. The lowest BCUT2D eigenvalue weighted by Gasteiger charge is -1.76. The van der Waals surface area contributed by atoms with Crippen LogP contribution >= 0.6 is 0 Å². The van der Waals surface area contributed by atoms with Crippen molar-refractivity contribution in [2.75, 3.05) is 0 Å². The van der Waals surface area contributed by atoms with Gasteiger partial charge in [0.2, 0.25) is 0 Å². The molecule has 0 saturated carbocycles. The van der Waals surface area contributed by atoms with Crippen LogP contribution in [0.1, 0.15) is 6.92 Å². The van der Waals surface area contributed by atoms with Crippen LogP contribution in [0.4, 0.5) is 0 Å². The lowest BCUT2D eigenvalue weighted by Crippen LogP contribution is -1.91. The first-order valence-corrected chi connectivity index (χ1v) is 6.70. The molecule has 0 rings (SSSR count). The Morgan fingerprint density at radius 2 is 0.913 bits per heavy atom. The Hall–Kier alpha value is -2.99. The van der Waals surface area contributed by atoms with Gasteiger partial charge in [-0.3, -0.25) is 4.55 Å². The van der Waals surface area contributed by atoms with E-state index in [-0.39, 0.29) is 0 Å². The van der Waals surface area contributed by atoms with Crippen molar-refractivity contribution in [2.45, 2.75) is 6.92 Å². The summed E-state index contributed by atoms with van der Waals surface area (Å²) in [5.41, 5.74) is 0. The van der Waals surface area contributed by atoms with Crippen molar-refractivity contribution < 1.29 is 52.6 Å². The smallest absolute Gasteiger partial charge is 0.328 e. The summed E-state index contributed by atoms with van der Waals surface area (Å²) in [6.45, 7) is 1.51. The molecule has 0 aliphatic carbocycles. The molecule has 0 aliphatic rings. The van der Waals surface area contributed by atoms with Crippen molar-refractivity contribution in [2.24, 2.45) is 0 Å². The van der Waals surface area contributed by atoms with Crippen molar-refractivity contribution in [1.29, 1.82) is 0 Å². The summed E-state index contributed by atoms with van der Waals surface area (Å²) < 4.78 is 27.3. The maximum Gasteiger partial charge on any atom is 0.328 e. The standard InChI is InChI=1S/2C4H4O4.C3H6O3S/c2*5-3(6)1-2-4(7)8;1-2-3-7(4,5)6/h2*1-2H,(H,5,6)(H,7,8);2-3H,1H3,(H,4,5,6)/b2*2-1+;. The number of carboxylic acids is 4. The predicted octanol–water partition coefficient (Wildman–Crippen LogP) is -0.169. The number of aliphatic carboxylic acids is 4. The molecule has 0 unspecified atom stereocenters. The summed E-state index contributed by atoms with van der Waals surface area (Å²) in [6.07, 6.45) is 3.48. The van der Waals surface area contributed by atoms with E-state index < -0.39 is 34.0 Å². The minimum absolute atomic E-state index is 0.558. The summed E-state index contributed by atoms with van der Waals surface area (Å²) in [7, 11) is -3.85. The highest BCUT2D eigenvalue weighted by Gasteiger charge is 1.90. The van der Waals surface area contributed by atoms with Gasteiger partial charge in [-0.1, -0.05) is 6.08 Å². The highest BCUT2D eigenvalue weighted by molar-refractivity contribution is 7.88. The van der Waals surface area contributed by atoms with E-state index in [0.29, 0.717) is 29.7 Å². The number of hydrogen-bond acceptors (Lipinski definition) is 6. The van der Waals surface area contributed by atoms with E-state index in [1.807, 2.05) is 0 Å². The first kappa shape index (κ1) is 25.0. The minimum Gasteiger partial charge on any atom is -0.478 e. The normalized spacial score (nSPS) is 10.5. The Morgan fingerprint density at radius 1 is 0.696 bits per heavy atom. The number of hydrogen-bond donors (Lipinski definition) is 5. The molecule has 0 aromatic heterocycles. The molecule has 0 atom stereocenters. The zero-order valence-corrected chi connectivity index (χ0v) is 12.4.